The van der Waals surface area contributed by atoms with Gasteiger partial charge in [-0.1, -0.05) is 29.8 Å². The highest BCUT2D eigenvalue weighted by Gasteiger charge is 2.15. The van der Waals surface area contributed by atoms with E-state index in [9.17, 15) is 4.79 Å². The topological polar surface area (TPSA) is 41.1 Å². The molecule has 3 nitrogen and oxygen atoms in total. The fourth-order valence-electron chi connectivity index (χ4n) is 1.60. The van der Waals surface area contributed by atoms with Crippen molar-refractivity contribution < 1.29 is 4.79 Å². The van der Waals surface area contributed by atoms with Gasteiger partial charge in [-0.05, 0) is 33.4 Å². The molecule has 0 aliphatic rings. The minimum Gasteiger partial charge on any atom is -0.354 e. The molecular weight excluding hydrogens is 212 g/mol. The first kappa shape index (κ1) is 13.7. The third-order valence-electron chi connectivity index (χ3n) is 3.01. The highest BCUT2D eigenvalue weighted by molar-refractivity contribution is 5.83. The monoisotopic (exact) mass is 234 g/mol. The predicted molar refractivity (Wildman–Crippen MR) is 71.1 cm³/mol. The molecule has 2 atom stereocenters. The van der Waals surface area contributed by atoms with E-state index < -0.39 is 0 Å². The van der Waals surface area contributed by atoms with E-state index in [4.69, 9.17) is 0 Å². The van der Waals surface area contributed by atoms with Gasteiger partial charge in [0.25, 0.3) is 0 Å². The second kappa shape index (κ2) is 6.40. The lowest BCUT2D eigenvalue weighted by Gasteiger charge is -2.16. The second-order valence-corrected chi connectivity index (χ2v) is 4.57. The summed E-state index contributed by atoms with van der Waals surface area (Å²) < 4.78 is 0. The Morgan fingerprint density at radius 3 is 2.65 bits per heavy atom. The zero-order valence-electron chi connectivity index (χ0n) is 11.1. The minimum absolute atomic E-state index is 0.0812. The fourth-order valence-corrected chi connectivity index (χ4v) is 1.60. The van der Waals surface area contributed by atoms with Gasteiger partial charge in [0.15, 0.2) is 0 Å². The molecule has 3 heteroatoms. The minimum atomic E-state index is -0.0982. The van der Waals surface area contributed by atoms with E-state index in [-0.39, 0.29) is 11.8 Å². The first-order valence-electron chi connectivity index (χ1n) is 6.06. The molecule has 1 amide bonds. The Kier molecular flexibility index (Phi) is 5.16. The summed E-state index contributed by atoms with van der Waals surface area (Å²) in [6, 6.07) is 8.38. The predicted octanol–water partition coefficient (Wildman–Crippen LogP) is 1.82. The summed E-state index contributed by atoms with van der Waals surface area (Å²) in [7, 11) is 1.89. The van der Waals surface area contributed by atoms with Crippen LogP contribution in [-0.2, 0) is 4.79 Å². The molecule has 0 aliphatic carbocycles. The molecule has 0 aromatic heterocycles. The third kappa shape index (κ3) is 4.19. The lowest BCUT2D eigenvalue weighted by Crippen LogP contribution is -2.38. The fraction of sp³-hybridized carbons (Fsp3) is 0.500. The van der Waals surface area contributed by atoms with Crippen molar-refractivity contribution in [1.82, 2.24) is 10.6 Å². The smallest absolute Gasteiger partial charge is 0.227 e. The lowest BCUT2D eigenvalue weighted by molar-refractivity contribution is -0.122. The molecule has 94 valence electrons. The first-order chi connectivity index (χ1) is 8.04. The Morgan fingerprint density at radius 2 is 2.06 bits per heavy atom. The van der Waals surface area contributed by atoms with Crippen LogP contribution in [0.5, 0.6) is 0 Å². The average molecular weight is 234 g/mol. The van der Waals surface area contributed by atoms with E-state index in [1.807, 2.05) is 46.0 Å². The van der Waals surface area contributed by atoms with E-state index in [2.05, 4.69) is 16.7 Å². The van der Waals surface area contributed by atoms with Crippen molar-refractivity contribution in [3.63, 3.8) is 0 Å². The van der Waals surface area contributed by atoms with Crippen molar-refractivity contribution in [3.8, 4) is 0 Å². The van der Waals surface area contributed by atoms with Crippen LogP contribution in [0.2, 0.25) is 0 Å². The van der Waals surface area contributed by atoms with Crippen molar-refractivity contribution in [2.24, 2.45) is 0 Å². The van der Waals surface area contributed by atoms with Crippen LogP contribution >= 0.6 is 0 Å². The number of benzene rings is 1. The van der Waals surface area contributed by atoms with Gasteiger partial charge in [0, 0.05) is 12.6 Å². The summed E-state index contributed by atoms with van der Waals surface area (Å²) in [5, 5.41) is 6.04. The van der Waals surface area contributed by atoms with Crippen LogP contribution in [0.3, 0.4) is 0 Å². The molecule has 2 unspecified atom stereocenters. The molecule has 1 aromatic carbocycles. The molecule has 1 rings (SSSR count). The lowest BCUT2D eigenvalue weighted by atomic mass is 9.98. The average Bonchev–Trinajstić information content (AvgIpc) is 2.34. The number of carbonyl (C=O) groups excluding carboxylic acids is 1. The summed E-state index contributed by atoms with van der Waals surface area (Å²) in [5.74, 6) is -0.0170. The molecular formula is C14H22N2O. The van der Waals surface area contributed by atoms with Crippen LogP contribution in [0.15, 0.2) is 24.3 Å². The van der Waals surface area contributed by atoms with Crippen LogP contribution in [0.4, 0.5) is 0 Å². The summed E-state index contributed by atoms with van der Waals surface area (Å²) in [5.41, 5.74) is 2.25. The van der Waals surface area contributed by atoms with E-state index in [0.29, 0.717) is 12.6 Å². The molecule has 0 saturated carbocycles. The standard InChI is InChI=1S/C14H22N2O/c1-10-6-5-7-13(8-10)12(3)14(17)16-9-11(2)15-4/h5-8,11-12,15H,9H2,1-4H3,(H,16,17). The van der Waals surface area contributed by atoms with E-state index >= 15 is 0 Å². The number of likely N-dealkylation sites (N-methyl/N-ethyl adjacent to an activating group) is 1. The van der Waals surface area contributed by atoms with Gasteiger partial charge in [0.05, 0.1) is 5.92 Å². The Labute approximate surface area is 104 Å². The Hall–Kier alpha value is -1.35. The van der Waals surface area contributed by atoms with Gasteiger partial charge in [-0.2, -0.15) is 0 Å². The van der Waals surface area contributed by atoms with Gasteiger partial charge in [-0.15, -0.1) is 0 Å². The third-order valence-corrected chi connectivity index (χ3v) is 3.01. The molecule has 0 fully saturated rings. The summed E-state index contributed by atoms with van der Waals surface area (Å²) >= 11 is 0. The van der Waals surface area contributed by atoms with Gasteiger partial charge in [0.2, 0.25) is 5.91 Å². The second-order valence-electron chi connectivity index (χ2n) is 4.57. The van der Waals surface area contributed by atoms with Crippen molar-refractivity contribution in [1.29, 1.82) is 0 Å². The van der Waals surface area contributed by atoms with Crippen molar-refractivity contribution in [2.75, 3.05) is 13.6 Å². The summed E-state index contributed by atoms with van der Waals surface area (Å²) in [6.07, 6.45) is 0. The number of rotatable bonds is 5. The first-order valence-corrected chi connectivity index (χ1v) is 6.06. The van der Waals surface area contributed by atoms with E-state index in [1.54, 1.807) is 0 Å². The maximum Gasteiger partial charge on any atom is 0.227 e. The molecule has 0 saturated heterocycles. The number of hydrogen-bond acceptors (Lipinski definition) is 2. The molecule has 0 bridgehead atoms. The van der Waals surface area contributed by atoms with Crippen LogP contribution < -0.4 is 10.6 Å². The van der Waals surface area contributed by atoms with Crippen LogP contribution in [-0.4, -0.2) is 25.5 Å². The zero-order chi connectivity index (χ0) is 12.8. The van der Waals surface area contributed by atoms with Crippen LogP contribution in [0.25, 0.3) is 0 Å². The molecule has 0 spiro atoms. The van der Waals surface area contributed by atoms with Gasteiger partial charge in [-0.25, -0.2) is 0 Å². The van der Waals surface area contributed by atoms with Crippen LogP contribution in [0.1, 0.15) is 30.9 Å². The summed E-state index contributed by atoms with van der Waals surface area (Å²) in [6.45, 7) is 6.68. The van der Waals surface area contributed by atoms with Crippen molar-refractivity contribution in [2.45, 2.75) is 32.7 Å². The Morgan fingerprint density at radius 1 is 1.35 bits per heavy atom. The van der Waals surface area contributed by atoms with E-state index in [0.717, 1.165) is 5.56 Å². The zero-order valence-corrected chi connectivity index (χ0v) is 11.1. The number of amides is 1. The molecule has 1 aromatic rings. The highest BCUT2D eigenvalue weighted by atomic mass is 16.1. The number of hydrogen-bond donors (Lipinski definition) is 2. The summed E-state index contributed by atoms with van der Waals surface area (Å²) in [4.78, 5) is 11.9. The Bertz CT molecular complexity index is 376. The van der Waals surface area contributed by atoms with Crippen molar-refractivity contribution in [3.05, 3.63) is 35.4 Å². The van der Waals surface area contributed by atoms with Gasteiger partial charge >= 0.3 is 0 Å². The largest absolute Gasteiger partial charge is 0.354 e. The van der Waals surface area contributed by atoms with E-state index in [1.165, 1.54) is 5.56 Å². The molecule has 0 radical (unpaired) electrons. The van der Waals surface area contributed by atoms with Crippen molar-refractivity contribution >= 4 is 5.91 Å². The molecule has 2 N–H and O–H groups in total. The quantitative estimate of drug-likeness (QED) is 0.816. The maximum absolute atomic E-state index is 11.9. The number of carbonyl (C=O) groups is 1. The number of nitrogens with one attached hydrogen (secondary N) is 2. The number of aryl methyl sites for hydroxylation is 1. The Balaban J connectivity index is 2.57. The molecule has 0 heterocycles. The SMILES string of the molecule is CNC(C)CNC(=O)C(C)c1cccc(C)c1. The van der Waals surface area contributed by atoms with Gasteiger partial charge in [0.1, 0.15) is 0 Å². The maximum atomic E-state index is 11.9. The highest BCUT2D eigenvalue weighted by Crippen LogP contribution is 2.16. The molecule has 17 heavy (non-hydrogen) atoms. The van der Waals surface area contributed by atoms with Gasteiger partial charge in [-0.3, -0.25) is 4.79 Å². The molecule has 0 aliphatic heterocycles. The van der Waals surface area contributed by atoms with Gasteiger partial charge < -0.3 is 10.6 Å². The van der Waals surface area contributed by atoms with Crippen LogP contribution in [0, 0.1) is 6.92 Å². The normalized spacial score (nSPS) is 14.1.